The van der Waals surface area contributed by atoms with Crippen molar-refractivity contribution in [3.05, 3.63) is 91.0 Å². The van der Waals surface area contributed by atoms with E-state index in [0.717, 1.165) is 0 Å². The Hall–Kier alpha value is -6.05. The SMILES string of the molecule is CC.CC.CC.CC(=O)Oc1ccccc1.O=C(ON1C(=O)CCC1=O)ON1C(=O)CCC1=O.O=C(Oc1ccccc1)Oc1ccccc1. The monoisotopic (exact) mass is 696 g/mol. The number of hydrogen-bond donors (Lipinski definition) is 0. The molecule has 0 aromatic heterocycles. The van der Waals surface area contributed by atoms with Gasteiger partial charge in [0.15, 0.2) is 0 Å². The standard InChI is InChI=1S/C13H10O3.C9H8N2O7.C8H8O2.3C2H6/c14-13(15-11-7-3-1-4-8-11)16-12-9-5-2-6-10-12;12-5-1-2-6(13)10(5)17-9(16)18-11-7(14)3-4-8(11)15;1-7(9)10-8-5-3-2-4-6-8;3*1-2/h1-10H;1-4H2;2-6H,1H3;3*1-2H3. The molecular weight excluding hydrogens is 652 g/mol. The molecule has 5 rings (SSSR count). The number of carbonyl (C=O) groups excluding carboxylic acids is 7. The van der Waals surface area contributed by atoms with Crippen LogP contribution in [0.2, 0.25) is 0 Å². The summed E-state index contributed by atoms with van der Waals surface area (Å²) in [5, 5.41) is 0.515. The van der Waals surface area contributed by atoms with Crippen molar-refractivity contribution in [2.75, 3.05) is 0 Å². The second-order valence-corrected chi connectivity index (χ2v) is 8.58. The van der Waals surface area contributed by atoms with E-state index in [-0.39, 0.29) is 41.8 Å². The van der Waals surface area contributed by atoms with Gasteiger partial charge in [-0.2, -0.15) is 4.79 Å². The Morgan fingerprint density at radius 2 is 0.700 bits per heavy atom. The molecule has 0 spiro atoms. The smallest absolute Gasteiger partial charge is 0.427 e. The molecule has 0 atom stereocenters. The van der Waals surface area contributed by atoms with Crippen LogP contribution >= 0.6 is 0 Å². The van der Waals surface area contributed by atoms with Gasteiger partial charge in [-0.15, -0.1) is 0 Å². The van der Waals surface area contributed by atoms with Gasteiger partial charge in [-0.05, 0) is 36.4 Å². The van der Waals surface area contributed by atoms with Crippen LogP contribution in [0.5, 0.6) is 17.2 Å². The van der Waals surface area contributed by atoms with Gasteiger partial charge in [-0.1, -0.05) is 106 Å². The molecule has 50 heavy (non-hydrogen) atoms. The van der Waals surface area contributed by atoms with E-state index in [1.54, 1.807) is 60.7 Å². The first kappa shape index (κ1) is 43.9. The van der Waals surface area contributed by atoms with Crippen molar-refractivity contribution in [1.82, 2.24) is 10.1 Å². The highest BCUT2D eigenvalue weighted by atomic mass is 16.9. The molecule has 3 aromatic rings. The Balaban J connectivity index is 0.000000689. The van der Waals surface area contributed by atoms with Crippen molar-refractivity contribution >= 4 is 41.9 Å². The highest BCUT2D eigenvalue weighted by molar-refractivity contribution is 6.02. The van der Waals surface area contributed by atoms with Gasteiger partial charge in [0, 0.05) is 32.6 Å². The van der Waals surface area contributed by atoms with Gasteiger partial charge in [-0.3, -0.25) is 33.6 Å². The van der Waals surface area contributed by atoms with Crippen molar-refractivity contribution < 1.29 is 57.4 Å². The zero-order valence-electron chi connectivity index (χ0n) is 29.3. The molecule has 0 bridgehead atoms. The summed E-state index contributed by atoms with van der Waals surface area (Å²) in [4.78, 5) is 86.0. The number of rotatable bonds is 5. The number of para-hydroxylation sites is 3. The Morgan fingerprint density at radius 1 is 0.440 bits per heavy atom. The van der Waals surface area contributed by atoms with Crippen molar-refractivity contribution in [3.8, 4) is 17.2 Å². The quantitative estimate of drug-likeness (QED) is 0.114. The van der Waals surface area contributed by atoms with Gasteiger partial charge in [-0.25, -0.2) is 4.79 Å². The van der Waals surface area contributed by atoms with E-state index in [9.17, 15) is 33.6 Å². The molecule has 0 unspecified atom stereocenters. The average molecular weight is 697 g/mol. The minimum absolute atomic E-state index is 0.0618. The Labute approximate surface area is 291 Å². The predicted octanol–water partition coefficient (Wildman–Crippen LogP) is 7.22. The number of amides is 4. The molecule has 4 amide bonds. The third-order valence-electron chi connectivity index (χ3n) is 5.24. The van der Waals surface area contributed by atoms with E-state index in [2.05, 4.69) is 9.68 Å². The summed E-state index contributed by atoms with van der Waals surface area (Å²) >= 11 is 0. The van der Waals surface area contributed by atoms with Crippen LogP contribution in [-0.2, 0) is 33.6 Å². The minimum atomic E-state index is -1.48. The molecule has 0 saturated carbocycles. The molecule has 0 radical (unpaired) electrons. The minimum Gasteiger partial charge on any atom is -0.427 e. The summed E-state index contributed by atoms with van der Waals surface area (Å²) in [7, 11) is 0. The van der Waals surface area contributed by atoms with E-state index in [1.807, 2.05) is 71.9 Å². The van der Waals surface area contributed by atoms with Crippen molar-refractivity contribution in [3.63, 3.8) is 0 Å². The number of carbonyl (C=O) groups is 7. The zero-order chi connectivity index (χ0) is 37.9. The number of esters is 1. The fraction of sp³-hybridized carbons (Fsp3) is 0.306. The normalized spacial score (nSPS) is 12.3. The van der Waals surface area contributed by atoms with Crippen molar-refractivity contribution in [2.24, 2.45) is 0 Å². The van der Waals surface area contributed by atoms with Crippen LogP contribution in [0, 0.1) is 0 Å². The second kappa shape index (κ2) is 26.0. The van der Waals surface area contributed by atoms with E-state index in [1.165, 1.54) is 6.92 Å². The summed E-state index contributed by atoms with van der Waals surface area (Å²) < 4.78 is 14.7. The van der Waals surface area contributed by atoms with Gasteiger partial charge in [0.25, 0.3) is 23.6 Å². The number of hydroxylamine groups is 4. The summed E-state index contributed by atoms with van der Waals surface area (Å²) in [5.74, 6) is -1.51. The van der Waals surface area contributed by atoms with Gasteiger partial charge < -0.3 is 14.2 Å². The lowest BCUT2D eigenvalue weighted by Crippen LogP contribution is -2.37. The molecule has 0 N–H and O–H groups in total. The van der Waals surface area contributed by atoms with Crippen LogP contribution in [0.15, 0.2) is 91.0 Å². The Kier molecular flexibility index (Phi) is 22.8. The van der Waals surface area contributed by atoms with Crippen LogP contribution in [0.4, 0.5) is 9.59 Å². The lowest BCUT2D eigenvalue weighted by molar-refractivity contribution is -0.198. The third-order valence-corrected chi connectivity index (χ3v) is 5.24. The molecule has 2 fully saturated rings. The maximum atomic E-state index is 11.3. The number of benzene rings is 3. The van der Waals surface area contributed by atoms with Gasteiger partial charge in [0.1, 0.15) is 17.2 Å². The van der Waals surface area contributed by atoms with Gasteiger partial charge in [0.2, 0.25) is 0 Å². The summed E-state index contributed by atoms with van der Waals surface area (Å²) in [6, 6.07) is 26.5. The first-order chi connectivity index (χ1) is 24.1. The first-order valence-electron chi connectivity index (χ1n) is 16.0. The fourth-order valence-corrected chi connectivity index (χ4v) is 3.33. The van der Waals surface area contributed by atoms with Crippen LogP contribution in [-0.4, -0.2) is 52.0 Å². The molecule has 0 aliphatic carbocycles. The van der Waals surface area contributed by atoms with E-state index in [0.29, 0.717) is 17.2 Å². The Morgan fingerprint density at radius 3 is 0.960 bits per heavy atom. The predicted molar refractivity (Wildman–Crippen MR) is 181 cm³/mol. The fourth-order valence-electron chi connectivity index (χ4n) is 3.33. The topological polar surface area (TPSA) is 172 Å². The molecule has 2 aliphatic rings. The zero-order valence-corrected chi connectivity index (χ0v) is 29.3. The largest absolute Gasteiger partial charge is 0.560 e. The maximum Gasteiger partial charge on any atom is 0.560 e. The first-order valence-corrected chi connectivity index (χ1v) is 16.0. The lowest BCUT2D eigenvalue weighted by Gasteiger charge is -2.15. The van der Waals surface area contributed by atoms with E-state index >= 15 is 0 Å². The summed E-state index contributed by atoms with van der Waals surface area (Å²) in [6.45, 7) is 13.4. The maximum absolute atomic E-state index is 11.3. The van der Waals surface area contributed by atoms with Crippen molar-refractivity contribution in [1.29, 1.82) is 0 Å². The van der Waals surface area contributed by atoms with Gasteiger partial charge in [0.05, 0.1) is 0 Å². The average Bonchev–Trinajstić information content (AvgIpc) is 3.62. The molecule has 2 aliphatic heterocycles. The molecule has 270 valence electrons. The second-order valence-electron chi connectivity index (χ2n) is 8.58. The number of imide groups is 2. The van der Waals surface area contributed by atoms with E-state index < -0.39 is 35.9 Å². The highest BCUT2D eigenvalue weighted by Crippen LogP contribution is 2.16. The lowest BCUT2D eigenvalue weighted by atomic mass is 10.3. The van der Waals surface area contributed by atoms with Crippen LogP contribution in [0.3, 0.4) is 0 Å². The highest BCUT2D eigenvalue weighted by Gasteiger charge is 2.37. The number of hydrogen-bond acceptors (Lipinski definition) is 12. The molecular formula is C36H44N2O12. The van der Waals surface area contributed by atoms with Crippen LogP contribution < -0.4 is 14.2 Å². The van der Waals surface area contributed by atoms with Crippen LogP contribution in [0.1, 0.15) is 74.1 Å². The molecule has 2 saturated heterocycles. The molecule has 3 aromatic carbocycles. The third kappa shape index (κ3) is 17.2. The molecule has 14 nitrogen and oxygen atoms in total. The van der Waals surface area contributed by atoms with Crippen LogP contribution in [0.25, 0.3) is 0 Å². The van der Waals surface area contributed by atoms with Gasteiger partial charge >= 0.3 is 18.3 Å². The van der Waals surface area contributed by atoms with Crippen molar-refractivity contribution in [2.45, 2.75) is 74.1 Å². The Bertz CT molecular complexity index is 1370. The molecule has 2 heterocycles. The summed E-state index contributed by atoms with van der Waals surface area (Å²) in [5.41, 5.74) is 0. The number of ether oxygens (including phenoxy) is 3. The molecule has 14 heteroatoms. The summed E-state index contributed by atoms with van der Waals surface area (Å²) in [6.07, 6.45) is -2.47. The van der Waals surface area contributed by atoms with E-state index in [4.69, 9.17) is 14.2 Å². The number of nitrogens with zero attached hydrogens (tertiary/aromatic N) is 2.